The SMILES string of the molecule is Cc1ccc2cccc(Nc3ncnc(Nc4ccc(F)cc4)c3[N+](=O)[O-])c2n1. The van der Waals surface area contributed by atoms with Crippen LogP contribution in [0.3, 0.4) is 0 Å². The standard InChI is InChI=1S/C20H15FN6O2/c1-12-5-6-13-3-2-4-16(17(13)24-12)26-20-18(27(28)29)19(22-11-23-20)25-15-9-7-14(21)8-10-15/h2-11H,1H3,(H2,22,23,25,26). The molecule has 0 unspecified atom stereocenters. The van der Waals surface area contributed by atoms with E-state index in [1.54, 1.807) is 6.07 Å². The molecule has 0 atom stereocenters. The molecule has 2 aromatic heterocycles. The minimum absolute atomic E-state index is 0.0107. The molecule has 0 fully saturated rings. The summed E-state index contributed by atoms with van der Waals surface area (Å²) in [6.45, 7) is 1.87. The molecule has 0 saturated carbocycles. The summed E-state index contributed by atoms with van der Waals surface area (Å²) >= 11 is 0. The minimum atomic E-state index is -0.571. The highest BCUT2D eigenvalue weighted by atomic mass is 19.1. The zero-order chi connectivity index (χ0) is 20.4. The molecule has 2 heterocycles. The predicted octanol–water partition coefficient (Wildman–Crippen LogP) is 4.87. The first-order valence-corrected chi connectivity index (χ1v) is 8.66. The van der Waals surface area contributed by atoms with Gasteiger partial charge in [-0.1, -0.05) is 18.2 Å². The van der Waals surface area contributed by atoms with Gasteiger partial charge in [0.25, 0.3) is 0 Å². The van der Waals surface area contributed by atoms with E-state index in [2.05, 4.69) is 25.6 Å². The van der Waals surface area contributed by atoms with Crippen LogP contribution < -0.4 is 10.6 Å². The third kappa shape index (κ3) is 3.79. The monoisotopic (exact) mass is 390 g/mol. The van der Waals surface area contributed by atoms with Gasteiger partial charge in [-0.15, -0.1) is 0 Å². The third-order valence-electron chi connectivity index (χ3n) is 4.22. The largest absolute Gasteiger partial charge is 0.353 e. The lowest BCUT2D eigenvalue weighted by molar-refractivity contribution is -0.383. The Kier molecular flexibility index (Phi) is 4.70. The maximum Gasteiger partial charge on any atom is 0.353 e. The second kappa shape index (κ2) is 7.47. The van der Waals surface area contributed by atoms with Gasteiger partial charge in [-0.2, -0.15) is 0 Å². The van der Waals surface area contributed by atoms with Gasteiger partial charge in [0.1, 0.15) is 12.1 Å². The Hall–Kier alpha value is -4.14. The molecule has 0 bridgehead atoms. The summed E-state index contributed by atoms with van der Waals surface area (Å²) in [5, 5.41) is 18.5. The number of fused-ring (bicyclic) bond motifs is 1. The van der Waals surface area contributed by atoms with E-state index in [-0.39, 0.29) is 17.3 Å². The first-order valence-electron chi connectivity index (χ1n) is 8.66. The summed E-state index contributed by atoms with van der Waals surface area (Å²) < 4.78 is 13.1. The van der Waals surface area contributed by atoms with Crippen LogP contribution in [0.1, 0.15) is 5.69 Å². The normalized spacial score (nSPS) is 10.7. The van der Waals surface area contributed by atoms with Gasteiger partial charge >= 0.3 is 5.69 Å². The number of hydrogen-bond donors (Lipinski definition) is 2. The summed E-state index contributed by atoms with van der Waals surface area (Å²) in [5.41, 5.74) is 2.21. The van der Waals surface area contributed by atoms with Gasteiger partial charge in [-0.25, -0.2) is 14.4 Å². The van der Waals surface area contributed by atoms with Gasteiger partial charge in [0, 0.05) is 16.8 Å². The molecule has 4 aromatic rings. The number of nitrogens with zero attached hydrogens (tertiary/aromatic N) is 4. The molecule has 0 radical (unpaired) electrons. The molecule has 144 valence electrons. The zero-order valence-corrected chi connectivity index (χ0v) is 15.3. The molecule has 29 heavy (non-hydrogen) atoms. The smallest absolute Gasteiger partial charge is 0.334 e. The summed E-state index contributed by atoms with van der Waals surface area (Å²) in [7, 11) is 0. The zero-order valence-electron chi connectivity index (χ0n) is 15.3. The molecule has 0 aliphatic heterocycles. The average Bonchev–Trinajstić information content (AvgIpc) is 2.70. The summed E-state index contributed by atoms with van der Waals surface area (Å²) in [6.07, 6.45) is 1.21. The highest BCUT2D eigenvalue weighted by Crippen LogP contribution is 2.34. The van der Waals surface area contributed by atoms with E-state index in [1.165, 1.54) is 30.6 Å². The van der Waals surface area contributed by atoms with Crippen molar-refractivity contribution in [1.82, 2.24) is 15.0 Å². The third-order valence-corrected chi connectivity index (χ3v) is 4.22. The number of aryl methyl sites for hydroxylation is 1. The highest BCUT2D eigenvalue weighted by Gasteiger charge is 2.24. The van der Waals surface area contributed by atoms with Crippen molar-refractivity contribution in [2.24, 2.45) is 0 Å². The number of hydrogen-bond acceptors (Lipinski definition) is 7. The van der Waals surface area contributed by atoms with Crippen LogP contribution in [0, 0.1) is 22.9 Å². The van der Waals surface area contributed by atoms with Crippen LogP contribution in [-0.2, 0) is 0 Å². The molecular formula is C20H15FN6O2. The summed E-state index contributed by atoms with van der Waals surface area (Å²) in [5.74, 6) is -0.400. The molecule has 4 rings (SSSR count). The van der Waals surface area contributed by atoms with Gasteiger partial charge < -0.3 is 10.6 Å². The number of rotatable bonds is 5. The van der Waals surface area contributed by atoms with E-state index in [4.69, 9.17) is 0 Å². The van der Waals surface area contributed by atoms with Crippen molar-refractivity contribution in [3.05, 3.63) is 82.6 Å². The van der Waals surface area contributed by atoms with Crippen molar-refractivity contribution < 1.29 is 9.31 Å². The van der Waals surface area contributed by atoms with E-state index in [1.807, 2.05) is 31.2 Å². The highest BCUT2D eigenvalue weighted by molar-refractivity contribution is 5.93. The molecule has 0 saturated heterocycles. The van der Waals surface area contributed by atoms with E-state index in [9.17, 15) is 14.5 Å². The molecule has 2 aromatic carbocycles. The van der Waals surface area contributed by atoms with Gasteiger partial charge in [-0.05, 0) is 43.3 Å². The van der Waals surface area contributed by atoms with Gasteiger partial charge in [-0.3, -0.25) is 15.1 Å². The summed E-state index contributed by atoms with van der Waals surface area (Å²) in [6, 6.07) is 14.8. The van der Waals surface area contributed by atoms with E-state index < -0.39 is 10.7 Å². The number of aromatic nitrogens is 3. The van der Waals surface area contributed by atoms with Crippen LogP contribution in [0.2, 0.25) is 0 Å². The quantitative estimate of drug-likeness (QED) is 0.370. The van der Waals surface area contributed by atoms with E-state index in [0.717, 1.165) is 11.1 Å². The minimum Gasteiger partial charge on any atom is -0.334 e. The molecular weight excluding hydrogens is 375 g/mol. The Balaban J connectivity index is 1.76. The van der Waals surface area contributed by atoms with Gasteiger partial charge in [0.2, 0.25) is 11.6 Å². The van der Waals surface area contributed by atoms with Crippen molar-refractivity contribution in [3.8, 4) is 0 Å². The molecule has 9 heteroatoms. The number of anilines is 4. The van der Waals surface area contributed by atoms with Crippen LogP contribution >= 0.6 is 0 Å². The van der Waals surface area contributed by atoms with E-state index >= 15 is 0 Å². The Morgan fingerprint density at radius 2 is 1.69 bits per heavy atom. The fraction of sp³-hybridized carbons (Fsp3) is 0.0500. The molecule has 0 aliphatic carbocycles. The molecule has 0 amide bonds. The van der Waals surface area contributed by atoms with Crippen molar-refractivity contribution in [2.75, 3.05) is 10.6 Å². The van der Waals surface area contributed by atoms with Crippen molar-refractivity contribution >= 4 is 39.6 Å². The van der Waals surface area contributed by atoms with Crippen LogP contribution in [0.15, 0.2) is 60.9 Å². The van der Waals surface area contributed by atoms with Crippen LogP contribution in [-0.4, -0.2) is 19.9 Å². The number of nitro groups is 1. The lowest BCUT2D eigenvalue weighted by Gasteiger charge is -2.11. The molecule has 0 spiro atoms. The number of para-hydroxylation sites is 1. The fourth-order valence-electron chi connectivity index (χ4n) is 2.88. The number of benzene rings is 2. The number of nitrogens with one attached hydrogen (secondary N) is 2. The van der Waals surface area contributed by atoms with E-state index in [0.29, 0.717) is 16.9 Å². The molecule has 8 nitrogen and oxygen atoms in total. The van der Waals surface area contributed by atoms with Gasteiger partial charge in [0.05, 0.1) is 16.1 Å². The first-order chi connectivity index (χ1) is 14.0. The summed E-state index contributed by atoms with van der Waals surface area (Å²) in [4.78, 5) is 23.7. The maximum absolute atomic E-state index is 13.1. The lowest BCUT2D eigenvalue weighted by atomic mass is 10.1. The second-order valence-electron chi connectivity index (χ2n) is 6.26. The number of pyridine rings is 1. The lowest BCUT2D eigenvalue weighted by Crippen LogP contribution is -2.06. The van der Waals surface area contributed by atoms with Crippen LogP contribution in [0.4, 0.5) is 33.1 Å². The second-order valence-corrected chi connectivity index (χ2v) is 6.26. The molecule has 2 N–H and O–H groups in total. The van der Waals surface area contributed by atoms with Crippen molar-refractivity contribution in [2.45, 2.75) is 6.92 Å². The maximum atomic E-state index is 13.1. The van der Waals surface area contributed by atoms with Crippen molar-refractivity contribution in [3.63, 3.8) is 0 Å². The fourth-order valence-corrected chi connectivity index (χ4v) is 2.88. The number of halogens is 1. The Morgan fingerprint density at radius 3 is 2.41 bits per heavy atom. The van der Waals surface area contributed by atoms with Gasteiger partial charge in [0.15, 0.2) is 0 Å². The molecule has 0 aliphatic rings. The Morgan fingerprint density at radius 1 is 0.966 bits per heavy atom. The Bertz CT molecular complexity index is 1210. The van der Waals surface area contributed by atoms with Crippen LogP contribution in [0.5, 0.6) is 0 Å². The predicted molar refractivity (Wildman–Crippen MR) is 108 cm³/mol. The first kappa shape index (κ1) is 18.2. The average molecular weight is 390 g/mol. The Labute approximate surface area is 164 Å². The van der Waals surface area contributed by atoms with Crippen molar-refractivity contribution in [1.29, 1.82) is 0 Å². The van der Waals surface area contributed by atoms with Crippen LogP contribution in [0.25, 0.3) is 10.9 Å². The topological polar surface area (TPSA) is 106 Å².